The third-order valence-corrected chi connectivity index (χ3v) is 4.68. The summed E-state index contributed by atoms with van der Waals surface area (Å²) in [7, 11) is -3.10. The maximum atomic E-state index is 10.9. The van der Waals surface area contributed by atoms with Crippen LogP contribution in [0.1, 0.15) is 32.1 Å². The highest BCUT2D eigenvalue weighted by Gasteiger charge is 2.36. The molecule has 1 rings (SSSR count). The molecular formula is C13H28N2O5S. The molecule has 5 N–H and O–H groups in total. The molecule has 0 aromatic carbocycles. The molecule has 0 unspecified atom stereocenters. The van der Waals surface area contributed by atoms with Crippen LogP contribution < -0.4 is 10.0 Å². The molecule has 0 spiro atoms. The second-order valence-electron chi connectivity index (χ2n) is 5.79. The van der Waals surface area contributed by atoms with E-state index in [4.69, 9.17) is 0 Å². The Bertz CT molecular complexity index is 390. The lowest BCUT2D eigenvalue weighted by molar-refractivity contribution is -0.0679. The smallest absolute Gasteiger partial charge is 0.208 e. The molecule has 1 heterocycles. The highest BCUT2D eigenvalue weighted by atomic mass is 32.2. The van der Waals surface area contributed by atoms with E-state index in [2.05, 4.69) is 10.0 Å². The minimum atomic E-state index is -3.10. The summed E-state index contributed by atoms with van der Waals surface area (Å²) in [6.45, 7) is 0.666. The van der Waals surface area contributed by atoms with Gasteiger partial charge in [-0.2, -0.15) is 0 Å². The van der Waals surface area contributed by atoms with Crippen molar-refractivity contribution in [2.24, 2.45) is 5.92 Å². The molecule has 0 bridgehead atoms. The zero-order valence-electron chi connectivity index (χ0n) is 12.5. The van der Waals surface area contributed by atoms with Crippen molar-refractivity contribution in [2.45, 2.75) is 50.4 Å². The Balaban J connectivity index is 2.14. The zero-order chi connectivity index (χ0) is 15.9. The molecule has 0 aromatic rings. The van der Waals surface area contributed by atoms with E-state index in [1.165, 1.54) is 0 Å². The van der Waals surface area contributed by atoms with Crippen LogP contribution in [-0.4, -0.2) is 67.9 Å². The average molecular weight is 324 g/mol. The predicted octanol–water partition coefficient (Wildman–Crippen LogP) is -1.21. The molecule has 21 heavy (non-hydrogen) atoms. The van der Waals surface area contributed by atoms with Crippen LogP contribution in [0.5, 0.6) is 0 Å². The number of hydrogen-bond acceptors (Lipinski definition) is 6. The van der Waals surface area contributed by atoms with Crippen LogP contribution in [0.3, 0.4) is 0 Å². The maximum Gasteiger partial charge on any atom is 0.208 e. The van der Waals surface area contributed by atoms with E-state index in [0.29, 0.717) is 13.1 Å². The Hall–Kier alpha value is -0.250. The fourth-order valence-corrected chi connectivity index (χ4v) is 3.23. The molecule has 1 fully saturated rings. The van der Waals surface area contributed by atoms with E-state index in [9.17, 15) is 23.7 Å². The van der Waals surface area contributed by atoms with E-state index in [0.717, 1.165) is 38.4 Å². The number of β-amino-alcohol motifs (C(OH)–C–C–N with tert-alkyl or cyclic N) is 1. The Kier molecular flexibility index (Phi) is 8.07. The third-order valence-electron chi connectivity index (χ3n) is 3.96. The Morgan fingerprint density at radius 2 is 1.86 bits per heavy atom. The van der Waals surface area contributed by atoms with Gasteiger partial charge in [0.25, 0.3) is 0 Å². The largest absolute Gasteiger partial charge is 0.396 e. The summed E-state index contributed by atoms with van der Waals surface area (Å²) < 4.78 is 24.2. The van der Waals surface area contributed by atoms with E-state index in [1.54, 1.807) is 0 Å². The first-order chi connectivity index (χ1) is 9.85. The first-order valence-corrected chi connectivity index (χ1v) is 9.39. The summed E-state index contributed by atoms with van der Waals surface area (Å²) in [4.78, 5) is 0. The zero-order valence-corrected chi connectivity index (χ0v) is 13.3. The van der Waals surface area contributed by atoms with Crippen molar-refractivity contribution in [1.29, 1.82) is 0 Å². The molecule has 1 saturated heterocycles. The summed E-state index contributed by atoms with van der Waals surface area (Å²) in [5.74, 6) is -0.333. The molecule has 0 amide bonds. The van der Waals surface area contributed by atoms with Crippen molar-refractivity contribution in [3.63, 3.8) is 0 Å². The Morgan fingerprint density at radius 1 is 1.19 bits per heavy atom. The summed E-state index contributed by atoms with van der Waals surface area (Å²) in [6, 6.07) is 0.0162. The number of piperidine rings is 1. The van der Waals surface area contributed by atoms with Crippen LogP contribution in [0.2, 0.25) is 0 Å². The molecule has 0 radical (unpaired) electrons. The van der Waals surface area contributed by atoms with Gasteiger partial charge in [-0.15, -0.1) is 0 Å². The van der Waals surface area contributed by atoms with Gasteiger partial charge < -0.3 is 20.6 Å². The molecule has 0 saturated carbocycles. The van der Waals surface area contributed by atoms with Crippen molar-refractivity contribution in [1.82, 2.24) is 10.0 Å². The normalized spacial score (nSPS) is 30.5. The van der Waals surface area contributed by atoms with Gasteiger partial charge in [-0.05, 0) is 12.8 Å². The van der Waals surface area contributed by atoms with Crippen molar-refractivity contribution < 1.29 is 23.7 Å². The molecule has 126 valence electrons. The number of aliphatic hydroxyl groups excluding tert-OH is 3. The monoisotopic (exact) mass is 324 g/mol. The maximum absolute atomic E-state index is 10.9. The molecular weight excluding hydrogens is 296 g/mol. The molecule has 0 aliphatic carbocycles. The van der Waals surface area contributed by atoms with Gasteiger partial charge in [-0.1, -0.05) is 19.3 Å². The van der Waals surface area contributed by atoms with Crippen LogP contribution >= 0.6 is 0 Å². The fraction of sp³-hybridized carbons (Fsp3) is 1.00. The summed E-state index contributed by atoms with van der Waals surface area (Å²) >= 11 is 0. The van der Waals surface area contributed by atoms with E-state index < -0.39 is 22.2 Å². The third kappa shape index (κ3) is 7.03. The second-order valence-corrected chi connectivity index (χ2v) is 7.62. The van der Waals surface area contributed by atoms with E-state index in [1.807, 2.05) is 0 Å². The molecule has 8 heteroatoms. The Morgan fingerprint density at radius 3 is 2.48 bits per heavy atom. The minimum Gasteiger partial charge on any atom is -0.396 e. The number of nitrogens with one attached hydrogen (secondary N) is 2. The minimum absolute atomic E-state index is 0.0162. The lowest BCUT2D eigenvalue weighted by Gasteiger charge is -2.38. The van der Waals surface area contributed by atoms with Crippen LogP contribution in [0.15, 0.2) is 0 Å². The van der Waals surface area contributed by atoms with Crippen LogP contribution in [-0.2, 0) is 10.0 Å². The van der Waals surface area contributed by atoms with Gasteiger partial charge in [-0.25, -0.2) is 13.1 Å². The van der Waals surface area contributed by atoms with Crippen molar-refractivity contribution in [2.75, 3.05) is 26.0 Å². The SMILES string of the molecule is CS(=O)(=O)NCCCCCC[C@@H]1NC[C@@H](O)[C@@H](O)[C@H]1CO. The average Bonchev–Trinajstić information content (AvgIpc) is 2.40. The van der Waals surface area contributed by atoms with Gasteiger partial charge >= 0.3 is 0 Å². The number of rotatable bonds is 9. The first kappa shape index (κ1) is 18.8. The van der Waals surface area contributed by atoms with E-state index in [-0.39, 0.29) is 18.6 Å². The number of unbranched alkanes of at least 4 members (excludes halogenated alkanes) is 3. The standard InChI is InChI=1S/C13H28N2O5S/c1-21(19,20)15-7-5-3-2-4-6-11-10(9-16)13(18)12(17)8-14-11/h10-18H,2-9H2,1H3/t10-,11-,12+,13-/m0/s1. The van der Waals surface area contributed by atoms with Crippen LogP contribution in [0.4, 0.5) is 0 Å². The summed E-state index contributed by atoms with van der Waals surface area (Å²) in [5, 5.41) is 31.9. The van der Waals surface area contributed by atoms with Crippen molar-refractivity contribution in [3.8, 4) is 0 Å². The second kappa shape index (κ2) is 9.02. The lowest BCUT2D eigenvalue weighted by atomic mass is 9.84. The number of aliphatic hydroxyl groups is 3. The van der Waals surface area contributed by atoms with E-state index >= 15 is 0 Å². The molecule has 1 aliphatic heterocycles. The van der Waals surface area contributed by atoms with Crippen molar-refractivity contribution >= 4 is 10.0 Å². The highest BCUT2D eigenvalue weighted by molar-refractivity contribution is 7.88. The predicted molar refractivity (Wildman–Crippen MR) is 80.3 cm³/mol. The molecule has 0 aromatic heterocycles. The summed E-state index contributed by atoms with van der Waals surface area (Å²) in [5.41, 5.74) is 0. The van der Waals surface area contributed by atoms with Crippen LogP contribution in [0, 0.1) is 5.92 Å². The van der Waals surface area contributed by atoms with Gasteiger partial charge in [0.1, 0.15) is 0 Å². The lowest BCUT2D eigenvalue weighted by Crippen LogP contribution is -2.57. The van der Waals surface area contributed by atoms with Gasteiger partial charge in [-0.3, -0.25) is 0 Å². The highest BCUT2D eigenvalue weighted by Crippen LogP contribution is 2.21. The van der Waals surface area contributed by atoms with Crippen molar-refractivity contribution in [3.05, 3.63) is 0 Å². The molecule has 1 aliphatic rings. The van der Waals surface area contributed by atoms with Gasteiger partial charge in [0.05, 0.1) is 18.5 Å². The topological polar surface area (TPSA) is 119 Å². The first-order valence-electron chi connectivity index (χ1n) is 7.50. The quantitative estimate of drug-likeness (QED) is 0.340. The Labute approximate surface area is 126 Å². The van der Waals surface area contributed by atoms with Crippen LogP contribution in [0.25, 0.3) is 0 Å². The molecule has 7 nitrogen and oxygen atoms in total. The number of hydrogen-bond donors (Lipinski definition) is 5. The van der Waals surface area contributed by atoms with Gasteiger partial charge in [0.2, 0.25) is 10.0 Å². The number of sulfonamides is 1. The summed E-state index contributed by atoms with van der Waals surface area (Å²) in [6.07, 6.45) is 3.93. The van der Waals surface area contributed by atoms with Gasteiger partial charge in [0.15, 0.2) is 0 Å². The fourth-order valence-electron chi connectivity index (χ4n) is 2.72. The van der Waals surface area contributed by atoms with Gasteiger partial charge in [0, 0.05) is 31.7 Å². The molecule has 4 atom stereocenters.